The smallest absolute Gasteiger partial charge is 0.346 e. The summed E-state index contributed by atoms with van der Waals surface area (Å²) in [6, 6.07) is 5.98. The molecule has 2 aromatic rings. The van der Waals surface area contributed by atoms with Crippen molar-refractivity contribution in [3.63, 3.8) is 0 Å². The van der Waals surface area contributed by atoms with E-state index < -0.39 is 47.7 Å². The molecule has 32 heavy (non-hydrogen) atoms. The number of benzene rings is 2. The van der Waals surface area contributed by atoms with E-state index in [0.717, 1.165) is 12.1 Å². The number of halogens is 3. The van der Waals surface area contributed by atoms with Gasteiger partial charge in [-0.05, 0) is 35.7 Å². The van der Waals surface area contributed by atoms with E-state index in [1.165, 1.54) is 29.2 Å². The van der Waals surface area contributed by atoms with Gasteiger partial charge in [0.1, 0.15) is 6.04 Å². The van der Waals surface area contributed by atoms with E-state index in [4.69, 9.17) is 14.4 Å². The Hall–Kier alpha value is -3.33. The molecular formula is C22H18ClF2N3O4. The molecule has 0 aromatic heterocycles. The second-order valence-corrected chi connectivity index (χ2v) is 7.94. The van der Waals surface area contributed by atoms with Gasteiger partial charge in [-0.3, -0.25) is 24.5 Å². The summed E-state index contributed by atoms with van der Waals surface area (Å²) in [5.41, 5.74) is 0.0791. The molecule has 0 spiro atoms. The zero-order chi connectivity index (χ0) is 24.8. The van der Waals surface area contributed by atoms with E-state index in [0.29, 0.717) is 5.56 Å². The van der Waals surface area contributed by atoms with Crippen molar-refractivity contribution in [3.8, 4) is 0 Å². The Morgan fingerprint density at radius 1 is 1.28 bits per heavy atom. The van der Waals surface area contributed by atoms with E-state index in [-0.39, 0.29) is 46.9 Å². The van der Waals surface area contributed by atoms with Crippen LogP contribution in [0.5, 0.6) is 0 Å². The maximum Gasteiger partial charge on any atom is 0.349 e. The van der Waals surface area contributed by atoms with Gasteiger partial charge in [-0.15, -0.1) is 0 Å². The fraction of sp³-hybridized carbons (Fsp3) is 0.273. The highest BCUT2D eigenvalue weighted by Gasteiger charge is 2.41. The Labute approximate surface area is 189 Å². The van der Waals surface area contributed by atoms with Crippen molar-refractivity contribution in [2.75, 3.05) is 0 Å². The number of hydrogen-bond donors (Lipinski definition) is 2. The van der Waals surface area contributed by atoms with Gasteiger partial charge in [-0.2, -0.15) is 8.78 Å². The van der Waals surface area contributed by atoms with Crippen LogP contribution in [0.4, 0.5) is 8.78 Å². The first-order valence-electron chi connectivity index (χ1n) is 10.7. The summed E-state index contributed by atoms with van der Waals surface area (Å²) < 4.78 is 45.3. The summed E-state index contributed by atoms with van der Waals surface area (Å²) in [7, 11) is 0. The van der Waals surface area contributed by atoms with Gasteiger partial charge in [0.25, 0.3) is 11.8 Å². The second kappa shape index (κ2) is 8.31. The molecule has 4 rings (SSSR count). The molecule has 0 bridgehead atoms. The molecule has 1 fully saturated rings. The molecule has 2 heterocycles. The number of rotatable bonds is 5. The van der Waals surface area contributed by atoms with E-state index in [1.807, 2.05) is 0 Å². The number of fused-ring (bicyclic) bond motifs is 1. The van der Waals surface area contributed by atoms with Crippen LogP contribution in [0.15, 0.2) is 42.4 Å². The van der Waals surface area contributed by atoms with Crippen molar-refractivity contribution in [1.82, 2.24) is 15.5 Å². The highest BCUT2D eigenvalue weighted by atomic mass is 35.5. The first kappa shape index (κ1) is 19.4. The van der Waals surface area contributed by atoms with Gasteiger partial charge < -0.3 is 10.2 Å². The number of carbonyl (C=O) groups is 4. The topological polar surface area (TPSA) is 95.6 Å². The molecule has 0 aliphatic carbocycles. The van der Waals surface area contributed by atoms with Crippen molar-refractivity contribution in [3.05, 3.63) is 69.7 Å². The summed E-state index contributed by atoms with van der Waals surface area (Å²) in [5.74, 6) is -7.26. The van der Waals surface area contributed by atoms with Crippen molar-refractivity contribution < 1.29 is 30.7 Å². The molecule has 1 atom stereocenters. The Balaban J connectivity index is 1.52. The van der Waals surface area contributed by atoms with Crippen LogP contribution in [0.2, 0.25) is 6.43 Å². The molecule has 0 radical (unpaired) electrons. The number of piperidine rings is 1. The first-order chi connectivity index (χ1) is 16.0. The minimum Gasteiger partial charge on any atom is -0.346 e. The van der Waals surface area contributed by atoms with Crippen LogP contribution in [-0.4, -0.2) is 34.6 Å². The molecule has 10 heteroatoms. The summed E-state index contributed by atoms with van der Waals surface area (Å²) in [6.07, 6.45) is 0.253. The maximum absolute atomic E-state index is 14.6. The molecular weight excluding hydrogens is 444 g/mol. The zero-order valence-electron chi connectivity index (χ0n) is 18.5. The molecule has 7 nitrogen and oxygen atoms in total. The first-order valence-corrected chi connectivity index (χ1v) is 10.1. The van der Waals surface area contributed by atoms with E-state index in [9.17, 15) is 28.0 Å². The second-order valence-electron chi connectivity index (χ2n) is 7.50. The van der Waals surface area contributed by atoms with Gasteiger partial charge in [0.2, 0.25) is 11.8 Å². The number of imide groups is 1. The number of alkyl halides is 2. The number of hydrogen-bond acceptors (Lipinski definition) is 4. The lowest BCUT2D eigenvalue weighted by Gasteiger charge is -2.29. The fourth-order valence-electron chi connectivity index (χ4n) is 3.69. The molecule has 1 unspecified atom stereocenters. The molecule has 2 aliphatic heterocycles. The predicted octanol–water partition coefficient (Wildman–Crippen LogP) is 2.51. The molecule has 2 aliphatic rings. The van der Waals surface area contributed by atoms with Crippen LogP contribution in [0, 0.1) is 0 Å². The molecule has 2 N–H and O–H groups in total. The van der Waals surface area contributed by atoms with Crippen LogP contribution < -0.4 is 10.6 Å². The van der Waals surface area contributed by atoms with E-state index >= 15 is 0 Å². The highest BCUT2D eigenvalue weighted by molar-refractivity contribution is 6.30. The summed E-state index contributed by atoms with van der Waals surface area (Å²) in [5, 5.41) is 2.48. The lowest BCUT2D eigenvalue weighted by atomic mass is 10.0. The van der Waals surface area contributed by atoms with Crippen LogP contribution in [-0.2, 0) is 33.4 Å². The van der Waals surface area contributed by atoms with Gasteiger partial charge in [0, 0.05) is 35.7 Å². The average molecular weight is 464 g/mol. The van der Waals surface area contributed by atoms with Crippen molar-refractivity contribution >= 4 is 35.2 Å². The Kier molecular flexibility index (Phi) is 5.03. The average Bonchev–Trinajstić information content (AvgIpc) is 3.09. The monoisotopic (exact) mass is 463 g/mol. The minimum atomic E-state index is -3.98. The van der Waals surface area contributed by atoms with Crippen LogP contribution in [0.25, 0.3) is 0 Å². The lowest BCUT2D eigenvalue weighted by molar-refractivity contribution is -0.147. The van der Waals surface area contributed by atoms with Crippen LogP contribution in [0.3, 0.4) is 0 Å². The lowest BCUT2D eigenvalue weighted by Crippen LogP contribution is -2.52. The van der Waals surface area contributed by atoms with E-state index in [2.05, 4.69) is 5.32 Å². The van der Waals surface area contributed by atoms with Gasteiger partial charge >= 0.3 is 5.92 Å². The maximum atomic E-state index is 14.6. The molecule has 4 amide bonds. The summed E-state index contributed by atoms with van der Waals surface area (Å²) >= 11 is 5.70. The number of nitrogens with one attached hydrogen (secondary N) is 2. The fourth-order valence-corrected chi connectivity index (χ4v) is 3.81. The summed E-state index contributed by atoms with van der Waals surface area (Å²) in [6.45, 7) is -0.596. The van der Waals surface area contributed by atoms with Crippen molar-refractivity contribution in [2.24, 2.45) is 0 Å². The molecule has 2 aromatic carbocycles. The molecule has 166 valence electrons. The quantitative estimate of drug-likeness (QED) is 0.666. The van der Waals surface area contributed by atoms with Crippen LogP contribution >= 0.6 is 11.6 Å². The molecule has 1 saturated heterocycles. The standard InChI is InChI=1S/C22H18ClF2N3O4/c23-15-4-2-14(3-5-15)22(24,25)21(32)26-10-12-1-6-16-13(9-12)11-28(20(16)31)17-7-8-18(29)27-19(17)30/h1-6,9,17H,7-8,10-11H2,(H,26,32)(H,27,29,30)/i1D/hD. The van der Waals surface area contributed by atoms with Gasteiger partial charge in [-0.25, -0.2) is 0 Å². The van der Waals surface area contributed by atoms with Crippen LogP contribution in [0.1, 0.15) is 41.3 Å². The van der Waals surface area contributed by atoms with Gasteiger partial charge in [0.15, 0.2) is 1.41 Å². The predicted molar refractivity (Wildman–Crippen MR) is 110 cm³/mol. The highest BCUT2D eigenvalue weighted by Crippen LogP contribution is 2.30. The number of carbonyl (C=O) groups excluding carboxylic acids is 4. The Morgan fingerprint density at radius 3 is 2.69 bits per heavy atom. The Morgan fingerprint density at radius 2 is 2.00 bits per heavy atom. The van der Waals surface area contributed by atoms with Crippen molar-refractivity contribution in [1.29, 1.82) is 0 Å². The van der Waals surface area contributed by atoms with Crippen molar-refractivity contribution in [2.45, 2.75) is 37.9 Å². The van der Waals surface area contributed by atoms with Gasteiger partial charge in [-0.1, -0.05) is 35.8 Å². The number of nitrogens with zero attached hydrogens (tertiary/aromatic N) is 1. The minimum absolute atomic E-state index is 0.0145. The van der Waals surface area contributed by atoms with E-state index in [1.54, 1.807) is 0 Å². The third kappa shape index (κ3) is 4.08. The molecule has 0 saturated carbocycles. The Bertz CT molecular complexity index is 1210. The summed E-state index contributed by atoms with van der Waals surface area (Å²) in [4.78, 5) is 50.0. The largest absolute Gasteiger partial charge is 0.349 e. The normalized spacial score (nSPS) is 19.3. The zero-order valence-corrected chi connectivity index (χ0v) is 17.3. The third-order valence-electron chi connectivity index (χ3n) is 5.38. The SMILES string of the molecule is [2H]c1cc2c(cc1CN([2H])C(=O)C(F)(F)c1ccc(Cl)cc1)CN(C1CCC(=O)NC1=O)C2=O. The third-order valence-corrected chi connectivity index (χ3v) is 5.63. The number of amides is 4. The van der Waals surface area contributed by atoms with Gasteiger partial charge in [0.05, 0.1) is 1.37 Å².